The molecule has 0 saturated heterocycles. The Morgan fingerprint density at radius 2 is 1.69 bits per heavy atom. The molecule has 156 valence electrons. The Morgan fingerprint density at radius 3 is 2.34 bits per heavy atom. The Morgan fingerprint density at radius 1 is 1.00 bits per heavy atom. The molecule has 0 aliphatic rings. The number of anilines is 1. The van der Waals surface area contributed by atoms with E-state index >= 15 is 0 Å². The van der Waals surface area contributed by atoms with E-state index in [1.165, 1.54) is 0 Å². The van der Waals surface area contributed by atoms with Gasteiger partial charge in [-0.05, 0) is 49.2 Å². The van der Waals surface area contributed by atoms with Crippen LogP contribution in [-0.4, -0.2) is 45.3 Å². The fourth-order valence-corrected chi connectivity index (χ4v) is 2.66. The van der Waals surface area contributed by atoms with Crippen LogP contribution >= 0.6 is 0 Å². The SMILES string of the molecule is CC[C@H](Oc1ccc(OC)cc1)C(=O)Nc1ccccc1C(=O)NCCCOC. The summed E-state index contributed by atoms with van der Waals surface area (Å²) < 4.78 is 15.9. The number of ether oxygens (including phenoxy) is 3. The molecule has 0 fully saturated rings. The summed E-state index contributed by atoms with van der Waals surface area (Å²) in [5.41, 5.74) is 0.844. The first kappa shape index (κ1) is 22.2. The van der Waals surface area contributed by atoms with Crippen molar-refractivity contribution in [3.05, 3.63) is 54.1 Å². The van der Waals surface area contributed by atoms with Gasteiger partial charge in [-0.15, -0.1) is 0 Å². The van der Waals surface area contributed by atoms with Gasteiger partial charge in [-0.3, -0.25) is 9.59 Å². The lowest BCUT2D eigenvalue weighted by atomic mass is 10.1. The highest BCUT2D eigenvalue weighted by atomic mass is 16.5. The van der Waals surface area contributed by atoms with Crippen molar-refractivity contribution in [3.63, 3.8) is 0 Å². The molecule has 2 amide bonds. The molecule has 0 saturated carbocycles. The zero-order valence-electron chi connectivity index (χ0n) is 17.1. The average molecular weight is 400 g/mol. The molecule has 0 aliphatic heterocycles. The van der Waals surface area contributed by atoms with Crippen LogP contribution in [0.4, 0.5) is 5.69 Å². The Hall–Kier alpha value is -3.06. The highest BCUT2D eigenvalue weighted by molar-refractivity contribution is 6.04. The molecule has 7 nitrogen and oxygen atoms in total. The molecule has 0 aromatic heterocycles. The molecule has 2 N–H and O–H groups in total. The van der Waals surface area contributed by atoms with Crippen LogP contribution in [0.25, 0.3) is 0 Å². The zero-order chi connectivity index (χ0) is 21.1. The molecule has 0 bridgehead atoms. The fourth-order valence-electron chi connectivity index (χ4n) is 2.66. The second-order valence-electron chi connectivity index (χ2n) is 6.33. The fraction of sp³-hybridized carbons (Fsp3) is 0.364. The van der Waals surface area contributed by atoms with Crippen molar-refractivity contribution >= 4 is 17.5 Å². The lowest BCUT2D eigenvalue weighted by Gasteiger charge is -2.18. The van der Waals surface area contributed by atoms with Gasteiger partial charge in [0.1, 0.15) is 11.5 Å². The van der Waals surface area contributed by atoms with E-state index in [1.807, 2.05) is 6.92 Å². The Balaban J connectivity index is 2.03. The van der Waals surface area contributed by atoms with E-state index in [2.05, 4.69) is 10.6 Å². The maximum absolute atomic E-state index is 12.7. The summed E-state index contributed by atoms with van der Waals surface area (Å²) in [6.45, 7) is 2.93. The Bertz CT molecular complexity index is 792. The second-order valence-corrected chi connectivity index (χ2v) is 6.33. The minimum atomic E-state index is -0.693. The quantitative estimate of drug-likeness (QED) is 0.566. The van der Waals surface area contributed by atoms with Gasteiger partial charge >= 0.3 is 0 Å². The van der Waals surface area contributed by atoms with E-state index < -0.39 is 6.10 Å². The van der Waals surface area contributed by atoms with Gasteiger partial charge in [0.2, 0.25) is 0 Å². The summed E-state index contributed by atoms with van der Waals surface area (Å²) in [5, 5.41) is 5.64. The number of para-hydroxylation sites is 1. The third kappa shape index (κ3) is 6.80. The van der Waals surface area contributed by atoms with E-state index in [9.17, 15) is 9.59 Å². The standard InChI is InChI=1S/C22H28N2O5/c1-4-20(29-17-12-10-16(28-3)11-13-17)22(26)24-19-9-6-5-8-18(19)21(25)23-14-7-15-27-2/h5-6,8-13,20H,4,7,14-15H2,1-3H3,(H,23,25)(H,24,26)/t20-/m0/s1. The number of hydrogen-bond acceptors (Lipinski definition) is 5. The largest absolute Gasteiger partial charge is 0.497 e. The van der Waals surface area contributed by atoms with Gasteiger partial charge in [0.15, 0.2) is 6.10 Å². The van der Waals surface area contributed by atoms with Crippen molar-refractivity contribution in [2.24, 2.45) is 0 Å². The van der Waals surface area contributed by atoms with Gasteiger partial charge < -0.3 is 24.8 Å². The third-order valence-corrected chi connectivity index (χ3v) is 4.24. The van der Waals surface area contributed by atoms with E-state index in [-0.39, 0.29) is 11.8 Å². The molecule has 0 heterocycles. The maximum atomic E-state index is 12.7. The molecular formula is C22H28N2O5. The number of amides is 2. The average Bonchev–Trinajstić information content (AvgIpc) is 2.75. The molecule has 2 rings (SSSR count). The molecule has 29 heavy (non-hydrogen) atoms. The highest BCUT2D eigenvalue weighted by Gasteiger charge is 2.21. The van der Waals surface area contributed by atoms with Crippen LogP contribution in [0.2, 0.25) is 0 Å². The third-order valence-electron chi connectivity index (χ3n) is 4.24. The van der Waals surface area contributed by atoms with Gasteiger partial charge in [-0.2, -0.15) is 0 Å². The Kier molecular flexibility index (Phi) is 8.98. The Labute approximate surface area is 171 Å². The minimum absolute atomic E-state index is 0.249. The summed E-state index contributed by atoms with van der Waals surface area (Å²) in [5.74, 6) is 0.710. The lowest BCUT2D eigenvalue weighted by molar-refractivity contribution is -0.122. The number of carbonyl (C=O) groups excluding carboxylic acids is 2. The summed E-state index contributed by atoms with van der Waals surface area (Å²) in [6, 6.07) is 13.9. The van der Waals surface area contributed by atoms with Crippen molar-refractivity contribution in [3.8, 4) is 11.5 Å². The van der Waals surface area contributed by atoms with Gasteiger partial charge in [-0.1, -0.05) is 19.1 Å². The van der Waals surface area contributed by atoms with Crippen molar-refractivity contribution in [2.45, 2.75) is 25.9 Å². The van der Waals surface area contributed by atoms with Crippen molar-refractivity contribution in [1.29, 1.82) is 0 Å². The van der Waals surface area contributed by atoms with Crippen LogP contribution in [0.15, 0.2) is 48.5 Å². The van der Waals surface area contributed by atoms with E-state index in [4.69, 9.17) is 14.2 Å². The number of carbonyl (C=O) groups is 2. The first-order chi connectivity index (χ1) is 14.1. The van der Waals surface area contributed by atoms with Gasteiger partial charge in [0.25, 0.3) is 11.8 Å². The monoisotopic (exact) mass is 400 g/mol. The number of rotatable bonds is 11. The van der Waals surface area contributed by atoms with Crippen LogP contribution in [-0.2, 0) is 9.53 Å². The predicted octanol–water partition coefficient (Wildman–Crippen LogP) is 3.26. The summed E-state index contributed by atoms with van der Waals surface area (Å²) in [6.07, 6.45) is 0.495. The number of nitrogens with one attached hydrogen (secondary N) is 2. The van der Waals surface area contributed by atoms with Gasteiger partial charge in [0.05, 0.1) is 18.4 Å². The van der Waals surface area contributed by atoms with Crippen LogP contribution in [0.5, 0.6) is 11.5 Å². The van der Waals surface area contributed by atoms with Gasteiger partial charge in [-0.25, -0.2) is 0 Å². The lowest BCUT2D eigenvalue weighted by Crippen LogP contribution is -2.33. The molecule has 0 spiro atoms. The van der Waals surface area contributed by atoms with Crippen LogP contribution in [0, 0.1) is 0 Å². The normalized spacial score (nSPS) is 11.4. The first-order valence-corrected chi connectivity index (χ1v) is 9.56. The van der Waals surface area contributed by atoms with E-state index in [0.717, 1.165) is 0 Å². The number of methoxy groups -OCH3 is 2. The van der Waals surface area contributed by atoms with Crippen LogP contribution in [0.3, 0.4) is 0 Å². The second kappa shape index (κ2) is 11.7. The summed E-state index contributed by atoms with van der Waals surface area (Å²) in [7, 11) is 3.20. The minimum Gasteiger partial charge on any atom is -0.497 e. The predicted molar refractivity (Wildman–Crippen MR) is 112 cm³/mol. The molecule has 2 aromatic rings. The molecule has 7 heteroatoms. The summed E-state index contributed by atoms with van der Waals surface area (Å²) >= 11 is 0. The molecule has 2 aromatic carbocycles. The smallest absolute Gasteiger partial charge is 0.265 e. The van der Waals surface area contributed by atoms with E-state index in [0.29, 0.717) is 48.7 Å². The van der Waals surface area contributed by atoms with Gasteiger partial charge in [0, 0.05) is 20.3 Å². The van der Waals surface area contributed by atoms with Crippen LogP contribution in [0.1, 0.15) is 30.1 Å². The maximum Gasteiger partial charge on any atom is 0.265 e. The van der Waals surface area contributed by atoms with Crippen molar-refractivity contribution in [2.75, 3.05) is 32.7 Å². The number of hydrogen-bond donors (Lipinski definition) is 2. The zero-order valence-corrected chi connectivity index (χ0v) is 17.1. The summed E-state index contributed by atoms with van der Waals surface area (Å²) in [4.78, 5) is 25.2. The first-order valence-electron chi connectivity index (χ1n) is 9.56. The molecular weight excluding hydrogens is 372 g/mol. The van der Waals surface area contributed by atoms with Crippen LogP contribution < -0.4 is 20.1 Å². The molecule has 0 radical (unpaired) electrons. The molecule has 0 unspecified atom stereocenters. The highest BCUT2D eigenvalue weighted by Crippen LogP contribution is 2.20. The molecule has 0 aliphatic carbocycles. The van der Waals surface area contributed by atoms with Crippen molar-refractivity contribution < 1.29 is 23.8 Å². The topological polar surface area (TPSA) is 85.9 Å². The molecule has 1 atom stereocenters. The van der Waals surface area contributed by atoms with Crippen molar-refractivity contribution in [1.82, 2.24) is 5.32 Å². The van der Waals surface area contributed by atoms with E-state index in [1.54, 1.807) is 62.8 Å². The number of benzene rings is 2.